The lowest BCUT2D eigenvalue weighted by molar-refractivity contribution is 0.0188. The molecule has 0 saturated carbocycles. The number of carboxylic acid groups (broad SMARTS) is 1. The van der Waals surface area contributed by atoms with Gasteiger partial charge in [0.15, 0.2) is 0 Å². The second-order valence-electron chi connectivity index (χ2n) is 6.11. The van der Waals surface area contributed by atoms with Gasteiger partial charge >= 0.3 is 5.97 Å². The van der Waals surface area contributed by atoms with E-state index in [2.05, 4.69) is 30.7 Å². The minimum absolute atomic E-state index is 0.106. The Kier molecular flexibility index (Phi) is 3.39. The van der Waals surface area contributed by atoms with Crippen LogP contribution < -0.4 is 0 Å². The largest absolute Gasteiger partial charge is 0.477 e. The molecule has 4 heteroatoms. The van der Waals surface area contributed by atoms with Gasteiger partial charge in [0.05, 0.1) is 0 Å². The van der Waals surface area contributed by atoms with Gasteiger partial charge in [-0.2, -0.15) is 0 Å². The number of carboxylic acids is 1. The summed E-state index contributed by atoms with van der Waals surface area (Å²) in [6, 6.07) is 3.42. The summed E-state index contributed by atoms with van der Waals surface area (Å²) in [5, 5.41) is 8.77. The number of hydrogen-bond donors (Lipinski definition) is 1. The van der Waals surface area contributed by atoms with E-state index in [-0.39, 0.29) is 5.69 Å². The second-order valence-corrected chi connectivity index (χ2v) is 6.11. The molecule has 0 radical (unpaired) electrons. The lowest BCUT2D eigenvalue weighted by atomic mass is 9.76. The van der Waals surface area contributed by atoms with E-state index >= 15 is 0 Å². The van der Waals surface area contributed by atoms with E-state index < -0.39 is 5.97 Å². The van der Waals surface area contributed by atoms with Crippen LogP contribution in [0.5, 0.6) is 0 Å². The van der Waals surface area contributed by atoms with Gasteiger partial charge in [0, 0.05) is 25.8 Å². The molecular weight excluding hydrogens is 228 g/mol. The zero-order chi connectivity index (χ0) is 13.3. The summed E-state index contributed by atoms with van der Waals surface area (Å²) in [6.07, 6.45) is 1.66. The smallest absolute Gasteiger partial charge is 0.354 e. The van der Waals surface area contributed by atoms with Crippen molar-refractivity contribution >= 4 is 5.97 Å². The third kappa shape index (κ3) is 2.88. The first-order valence-corrected chi connectivity index (χ1v) is 6.27. The topological polar surface area (TPSA) is 53.4 Å². The molecule has 1 fully saturated rings. The highest BCUT2D eigenvalue weighted by atomic mass is 16.4. The maximum atomic E-state index is 10.7. The summed E-state index contributed by atoms with van der Waals surface area (Å²) in [7, 11) is 0. The minimum atomic E-state index is -0.974. The molecule has 1 N–H and O–H groups in total. The molecule has 0 aromatic carbocycles. The van der Waals surface area contributed by atoms with Crippen molar-refractivity contribution < 1.29 is 9.90 Å². The third-order valence-corrected chi connectivity index (χ3v) is 3.63. The Balaban J connectivity index is 1.87. The molecule has 1 aliphatic rings. The summed E-state index contributed by atoms with van der Waals surface area (Å²) < 4.78 is 0. The van der Waals surface area contributed by atoms with Crippen molar-refractivity contribution in [3.63, 3.8) is 0 Å². The quantitative estimate of drug-likeness (QED) is 0.891. The van der Waals surface area contributed by atoms with Gasteiger partial charge in [-0.1, -0.05) is 26.8 Å². The van der Waals surface area contributed by atoms with Crippen LogP contribution in [0.25, 0.3) is 0 Å². The number of rotatable bonds is 3. The molecule has 98 valence electrons. The van der Waals surface area contributed by atoms with E-state index in [9.17, 15) is 4.79 Å². The van der Waals surface area contributed by atoms with Gasteiger partial charge in [-0.3, -0.25) is 4.90 Å². The minimum Gasteiger partial charge on any atom is -0.477 e. The molecule has 18 heavy (non-hydrogen) atoms. The van der Waals surface area contributed by atoms with Crippen LogP contribution in [0.4, 0.5) is 0 Å². The van der Waals surface area contributed by atoms with Crippen LogP contribution in [0.3, 0.4) is 0 Å². The van der Waals surface area contributed by atoms with Gasteiger partial charge in [-0.05, 0) is 23.0 Å². The molecule has 1 aromatic rings. The number of pyridine rings is 1. The van der Waals surface area contributed by atoms with E-state index in [0.29, 0.717) is 5.41 Å². The first kappa shape index (κ1) is 13.0. The molecule has 0 bridgehead atoms. The summed E-state index contributed by atoms with van der Waals surface area (Å²) in [6.45, 7) is 9.92. The fourth-order valence-corrected chi connectivity index (χ4v) is 2.15. The Morgan fingerprint density at radius 1 is 1.44 bits per heavy atom. The van der Waals surface area contributed by atoms with Gasteiger partial charge in [0.1, 0.15) is 5.69 Å². The van der Waals surface area contributed by atoms with Crippen LogP contribution in [0.1, 0.15) is 36.8 Å². The van der Waals surface area contributed by atoms with Crippen molar-refractivity contribution in [3.8, 4) is 0 Å². The highest BCUT2D eigenvalue weighted by Crippen LogP contribution is 2.34. The predicted octanol–water partition coefficient (Wildman–Crippen LogP) is 2.26. The SMILES string of the molecule is CC(C)(C)C1CN(Cc2ccc(C(=O)O)nc2)C1. The summed E-state index contributed by atoms with van der Waals surface area (Å²) >= 11 is 0. The van der Waals surface area contributed by atoms with Crippen LogP contribution in [-0.4, -0.2) is 34.0 Å². The number of likely N-dealkylation sites (tertiary alicyclic amines) is 1. The Morgan fingerprint density at radius 3 is 2.56 bits per heavy atom. The molecule has 0 atom stereocenters. The van der Waals surface area contributed by atoms with Crippen molar-refractivity contribution in [2.24, 2.45) is 11.3 Å². The average Bonchev–Trinajstić information content (AvgIpc) is 2.21. The van der Waals surface area contributed by atoms with Crippen molar-refractivity contribution in [2.45, 2.75) is 27.3 Å². The third-order valence-electron chi connectivity index (χ3n) is 3.63. The van der Waals surface area contributed by atoms with Crippen LogP contribution >= 0.6 is 0 Å². The number of aromatic nitrogens is 1. The molecule has 1 saturated heterocycles. The highest BCUT2D eigenvalue weighted by Gasteiger charge is 2.35. The lowest BCUT2D eigenvalue weighted by Crippen LogP contribution is -2.51. The Hall–Kier alpha value is -1.42. The van der Waals surface area contributed by atoms with Gasteiger partial charge < -0.3 is 5.11 Å². The van der Waals surface area contributed by atoms with Crippen molar-refractivity contribution in [1.82, 2.24) is 9.88 Å². The molecule has 1 aromatic heterocycles. The van der Waals surface area contributed by atoms with Gasteiger partial charge in [0.25, 0.3) is 0 Å². The number of hydrogen-bond acceptors (Lipinski definition) is 3. The van der Waals surface area contributed by atoms with E-state index in [1.807, 2.05) is 6.07 Å². The van der Waals surface area contributed by atoms with Gasteiger partial charge in [0.2, 0.25) is 0 Å². The normalized spacial score (nSPS) is 17.5. The van der Waals surface area contributed by atoms with Crippen LogP contribution in [0.2, 0.25) is 0 Å². The van der Waals surface area contributed by atoms with Crippen LogP contribution in [0, 0.1) is 11.3 Å². The number of aromatic carboxylic acids is 1. The predicted molar refractivity (Wildman–Crippen MR) is 69.4 cm³/mol. The van der Waals surface area contributed by atoms with E-state index in [4.69, 9.17) is 5.11 Å². The fourth-order valence-electron chi connectivity index (χ4n) is 2.15. The molecule has 4 nitrogen and oxygen atoms in total. The first-order chi connectivity index (χ1) is 8.36. The number of nitrogens with zero attached hydrogens (tertiary/aromatic N) is 2. The van der Waals surface area contributed by atoms with Crippen molar-refractivity contribution in [1.29, 1.82) is 0 Å². The molecule has 0 aliphatic carbocycles. The summed E-state index contributed by atoms with van der Waals surface area (Å²) in [4.78, 5) is 17.0. The Morgan fingerprint density at radius 2 is 2.11 bits per heavy atom. The molecule has 1 aliphatic heterocycles. The zero-order valence-electron chi connectivity index (χ0n) is 11.2. The van der Waals surface area contributed by atoms with Gasteiger partial charge in [-0.15, -0.1) is 0 Å². The molecule has 0 amide bonds. The van der Waals surface area contributed by atoms with Crippen LogP contribution in [-0.2, 0) is 6.54 Å². The van der Waals surface area contributed by atoms with Crippen molar-refractivity contribution in [3.05, 3.63) is 29.6 Å². The molecule has 0 unspecified atom stereocenters. The Bertz CT molecular complexity index is 428. The standard InChI is InChI=1S/C14H20N2O2/c1-14(2,3)11-8-16(9-11)7-10-4-5-12(13(17)18)15-6-10/h4-6,11H,7-9H2,1-3H3,(H,17,18). The summed E-state index contributed by atoms with van der Waals surface area (Å²) in [5.74, 6) is -0.220. The average molecular weight is 248 g/mol. The molecule has 2 heterocycles. The second kappa shape index (κ2) is 4.69. The van der Waals surface area contributed by atoms with E-state index in [1.165, 1.54) is 0 Å². The fraction of sp³-hybridized carbons (Fsp3) is 0.571. The lowest BCUT2D eigenvalue weighted by Gasteiger charge is -2.46. The maximum Gasteiger partial charge on any atom is 0.354 e. The van der Waals surface area contributed by atoms with E-state index in [1.54, 1.807) is 12.3 Å². The zero-order valence-corrected chi connectivity index (χ0v) is 11.2. The molecule has 2 rings (SSSR count). The molecular formula is C14H20N2O2. The monoisotopic (exact) mass is 248 g/mol. The van der Waals surface area contributed by atoms with Crippen molar-refractivity contribution in [2.75, 3.05) is 13.1 Å². The van der Waals surface area contributed by atoms with E-state index in [0.717, 1.165) is 31.1 Å². The number of carbonyl (C=O) groups is 1. The maximum absolute atomic E-state index is 10.7. The molecule has 0 spiro atoms. The van der Waals surface area contributed by atoms with Crippen LogP contribution in [0.15, 0.2) is 18.3 Å². The Labute approximate surface area is 108 Å². The first-order valence-electron chi connectivity index (χ1n) is 6.27. The van der Waals surface area contributed by atoms with Gasteiger partial charge in [-0.25, -0.2) is 9.78 Å². The summed E-state index contributed by atoms with van der Waals surface area (Å²) in [5.41, 5.74) is 1.56. The highest BCUT2D eigenvalue weighted by molar-refractivity contribution is 5.85.